The molecule has 0 N–H and O–H groups in total. The van der Waals surface area contributed by atoms with Gasteiger partial charge in [-0.05, 0) is 71.1 Å². The zero-order valence-electron chi connectivity index (χ0n) is 21.6. The second kappa shape index (κ2) is 11.9. The van der Waals surface area contributed by atoms with E-state index in [-0.39, 0.29) is 17.7 Å². The zero-order chi connectivity index (χ0) is 30.8. The second-order valence-corrected chi connectivity index (χ2v) is 9.25. The number of hydrogen-bond donors (Lipinski definition) is 0. The highest BCUT2D eigenvalue weighted by Gasteiger charge is 2.41. The van der Waals surface area contributed by atoms with E-state index < -0.39 is 69.4 Å². The van der Waals surface area contributed by atoms with E-state index in [1.165, 1.54) is 0 Å². The maximum absolute atomic E-state index is 14.9. The molecule has 0 fully saturated rings. The summed E-state index contributed by atoms with van der Waals surface area (Å²) in [5.74, 6) is -8.30. The van der Waals surface area contributed by atoms with Crippen molar-refractivity contribution >= 4 is 6.08 Å². The van der Waals surface area contributed by atoms with E-state index in [1.54, 1.807) is 24.3 Å². The third kappa shape index (κ3) is 6.95. The van der Waals surface area contributed by atoms with Gasteiger partial charge in [-0.2, -0.15) is 22.0 Å². The van der Waals surface area contributed by atoms with Crippen LogP contribution in [0.5, 0.6) is 5.75 Å². The summed E-state index contributed by atoms with van der Waals surface area (Å²) in [6, 6.07) is 11.2. The summed E-state index contributed by atoms with van der Waals surface area (Å²) in [5, 5.41) is 0. The quantitative estimate of drug-likeness (QED) is 0.184. The normalized spacial score (nSPS) is 12.3. The van der Waals surface area contributed by atoms with Gasteiger partial charge in [-0.3, -0.25) is 0 Å². The summed E-state index contributed by atoms with van der Waals surface area (Å²) in [6.07, 6.45) is -7.99. The van der Waals surface area contributed by atoms with Crippen molar-refractivity contribution in [2.24, 2.45) is 0 Å². The van der Waals surface area contributed by atoms with Gasteiger partial charge in [0.1, 0.15) is 40.4 Å². The Labute approximate surface area is 233 Å². The molecule has 0 amide bonds. The molecule has 1 nitrogen and oxygen atoms in total. The highest BCUT2D eigenvalue weighted by Crippen LogP contribution is 2.38. The van der Waals surface area contributed by atoms with Gasteiger partial charge in [-0.1, -0.05) is 37.6 Å². The summed E-state index contributed by atoms with van der Waals surface area (Å²) in [7, 11) is 0. The van der Waals surface area contributed by atoms with E-state index in [4.69, 9.17) is 0 Å². The maximum atomic E-state index is 14.9. The van der Waals surface area contributed by atoms with Gasteiger partial charge in [-0.25, -0.2) is 22.0 Å². The number of ether oxygens (including phenoxy) is 1. The largest absolute Gasteiger partial charge is 0.432 e. The summed E-state index contributed by atoms with van der Waals surface area (Å²) >= 11 is 0. The Bertz CT molecular complexity index is 1580. The summed E-state index contributed by atoms with van der Waals surface area (Å²) in [5.41, 5.74) is -2.34. The fourth-order valence-electron chi connectivity index (χ4n) is 4.24. The van der Waals surface area contributed by atoms with Crippen LogP contribution in [0.25, 0.3) is 28.3 Å². The average Bonchev–Trinajstić information content (AvgIpc) is 2.87. The molecule has 42 heavy (non-hydrogen) atoms. The minimum atomic E-state index is -4.84. The molecule has 0 aliphatic carbocycles. The van der Waals surface area contributed by atoms with Crippen LogP contribution in [0.2, 0.25) is 0 Å². The molecule has 0 saturated carbocycles. The molecule has 0 heterocycles. The van der Waals surface area contributed by atoms with Crippen LogP contribution in [0.1, 0.15) is 30.0 Å². The Balaban J connectivity index is 1.58. The van der Waals surface area contributed by atoms with Crippen molar-refractivity contribution < 1.29 is 48.6 Å². The Morgan fingerprint density at radius 3 is 1.74 bits per heavy atom. The molecule has 4 aromatic carbocycles. The van der Waals surface area contributed by atoms with Crippen LogP contribution in [0.15, 0.2) is 72.8 Å². The topological polar surface area (TPSA) is 9.23 Å². The second-order valence-electron chi connectivity index (χ2n) is 9.25. The lowest BCUT2D eigenvalue weighted by Crippen LogP contribution is -2.25. The third-order valence-electron chi connectivity index (χ3n) is 6.17. The molecule has 0 aliphatic rings. The van der Waals surface area contributed by atoms with Gasteiger partial charge < -0.3 is 4.74 Å². The van der Waals surface area contributed by atoms with Crippen molar-refractivity contribution in [1.82, 2.24) is 0 Å². The van der Waals surface area contributed by atoms with E-state index in [9.17, 15) is 43.9 Å². The Hall–Kier alpha value is -4.28. The summed E-state index contributed by atoms with van der Waals surface area (Å²) < 4.78 is 144. The van der Waals surface area contributed by atoms with E-state index in [0.717, 1.165) is 30.5 Å². The molecule has 4 rings (SSSR count). The van der Waals surface area contributed by atoms with Gasteiger partial charge in [-0.15, -0.1) is 0 Å². The number of aryl methyl sites for hydroxylation is 1. The third-order valence-corrected chi connectivity index (χ3v) is 6.17. The van der Waals surface area contributed by atoms with Crippen LogP contribution in [0.4, 0.5) is 43.9 Å². The predicted octanol–water partition coefficient (Wildman–Crippen LogP) is 10.4. The van der Waals surface area contributed by atoms with Gasteiger partial charge in [0.25, 0.3) is 0 Å². The molecule has 220 valence electrons. The minimum absolute atomic E-state index is 0.00220. The molecular formula is C31H20F10O. The van der Waals surface area contributed by atoms with Gasteiger partial charge in [0.15, 0.2) is 0 Å². The SMILES string of the molecule is CCCc1ccc(-c2cc(F)c(C(F)(F)Oc3ccc(-c4cc(F)c(C=CC(F)(F)F)c(F)c4)c(F)c3)c(F)c2)cc1. The molecule has 0 aromatic heterocycles. The van der Waals surface area contributed by atoms with E-state index in [0.29, 0.717) is 35.9 Å². The molecule has 0 unspecified atom stereocenters. The molecule has 0 saturated heterocycles. The minimum Gasteiger partial charge on any atom is -0.429 e. The number of benzene rings is 4. The number of hydrogen-bond acceptors (Lipinski definition) is 1. The first-order chi connectivity index (χ1) is 19.7. The van der Waals surface area contributed by atoms with E-state index in [1.807, 2.05) is 6.92 Å². The first-order valence-electron chi connectivity index (χ1n) is 12.4. The monoisotopic (exact) mass is 598 g/mol. The van der Waals surface area contributed by atoms with Crippen LogP contribution >= 0.6 is 0 Å². The fourth-order valence-corrected chi connectivity index (χ4v) is 4.24. The Kier molecular flexibility index (Phi) is 8.70. The lowest BCUT2D eigenvalue weighted by molar-refractivity contribution is -0.189. The van der Waals surface area contributed by atoms with Crippen LogP contribution in [0.3, 0.4) is 0 Å². The van der Waals surface area contributed by atoms with Crippen molar-refractivity contribution in [3.8, 4) is 28.0 Å². The van der Waals surface area contributed by atoms with Gasteiger partial charge in [0, 0.05) is 23.3 Å². The molecule has 0 atom stereocenters. The van der Waals surface area contributed by atoms with Crippen molar-refractivity contribution in [2.45, 2.75) is 32.1 Å². The standard InChI is InChI=1S/C31H20F10O/c1-2-3-17-4-6-18(7-5-17)19-12-27(35)29(28(36)13-19)31(40,41)42-21-8-9-22(26(34)16-21)20-14-24(32)23(25(33)15-20)10-11-30(37,38)39/h4-16H,2-3H2,1H3. The number of alkyl halides is 5. The molecule has 0 radical (unpaired) electrons. The van der Waals surface area contributed by atoms with Crippen LogP contribution < -0.4 is 4.74 Å². The molecule has 11 heteroatoms. The number of halogens is 10. The fraction of sp³-hybridized carbons (Fsp3) is 0.161. The lowest BCUT2D eigenvalue weighted by atomic mass is 10.00. The van der Waals surface area contributed by atoms with Gasteiger partial charge in [0.2, 0.25) is 0 Å². The van der Waals surface area contributed by atoms with Crippen molar-refractivity contribution in [2.75, 3.05) is 0 Å². The number of allylic oxidation sites excluding steroid dienone is 1. The first kappa shape index (κ1) is 30.7. The number of rotatable bonds is 8. The van der Waals surface area contributed by atoms with Crippen LogP contribution in [-0.4, -0.2) is 6.18 Å². The Morgan fingerprint density at radius 2 is 1.21 bits per heavy atom. The summed E-state index contributed by atoms with van der Waals surface area (Å²) in [4.78, 5) is 0. The Morgan fingerprint density at radius 1 is 0.643 bits per heavy atom. The molecular weight excluding hydrogens is 578 g/mol. The van der Waals surface area contributed by atoms with E-state index >= 15 is 0 Å². The first-order valence-corrected chi connectivity index (χ1v) is 12.4. The van der Waals surface area contributed by atoms with Gasteiger partial charge >= 0.3 is 12.3 Å². The van der Waals surface area contributed by atoms with Crippen molar-refractivity contribution in [3.05, 3.63) is 119 Å². The molecule has 0 spiro atoms. The zero-order valence-corrected chi connectivity index (χ0v) is 21.6. The lowest BCUT2D eigenvalue weighted by Gasteiger charge is -2.20. The van der Waals surface area contributed by atoms with Crippen molar-refractivity contribution in [1.29, 1.82) is 0 Å². The van der Waals surface area contributed by atoms with Crippen LogP contribution in [0, 0.1) is 29.1 Å². The highest BCUT2D eigenvalue weighted by molar-refractivity contribution is 5.68. The average molecular weight is 598 g/mol. The van der Waals surface area contributed by atoms with Crippen LogP contribution in [-0.2, 0) is 12.5 Å². The maximum Gasteiger partial charge on any atom is 0.432 e. The molecule has 0 aliphatic heterocycles. The predicted molar refractivity (Wildman–Crippen MR) is 137 cm³/mol. The smallest absolute Gasteiger partial charge is 0.429 e. The van der Waals surface area contributed by atoms with Crippen molar-refractivity contribution in [3.63, 3.8) is 0 Å². The highest BCUT2D eigenvalue weighted by atomic mass is 19.4. The molecule has 0 bridgehead atoms. The van der Waals surface area contributed by atoms with Gasteiger partial charge in [0.05, 0.1) is 0 Å². The van der Waals surface area contributed by atoms with E-state index in [2.05, 4.69) is 4.74 Å². The molecule has 4 aromatic rings. The summed E-state index contributed by atoms with van der Waals surface area (Å²) in [6.45, 7) is 1.98.